The smallest absolute Gasteiger partial charge is 0.262 e. The molecule has 6 heteroatoms. The van der Waals surface area contributed by atoms with Crippen LogP contribution in [-0.4, -0.2) is 23.3 Å². The zero-order valence-corrected chi connectivity index (χ0v) is 17.0. The summed E-state index contributed by atoms with van der Waals surface area (Å²) in [5, 5.41) is 3.67. The summed E-state index contributed by atoms with van der Waals surface area (Å²) in [6.45, 7) is -0.170. The van der Waals surface area contributed by atoms with E-state index < -0.39 is 0 Å². The second kappa shape index (κ2) is 9.66. The lowest BCUT2D eigenvalue weighted by Crippen LogP contribution is -2.20. The third-order valence-corrected chi connectivity index (χ3v) is 4.70. The van der Waals surface area contributed by atoms with E-state index in [4.69, 9.17) is 4.74 Å². The first-order chi connectivity index (χ1) is 15.6. The van der Waals surface area contributed by atoms with Gasteiger partial charge in [-0.1, -0.05) is 36.4 Å². The minimum Gasteiger partial charge on any atom is -0.481 e. The first kappa shape index (κ1) is 20.9. The lowest BCUT2D eigenvalue weighted by Gasteiger charge is -2.09. The Morgan fingerprint density at radius 2 is 1.69 bits per heavy atom. The Labute approximate surface area is 184 Å². The molecule has 0 saturated carbocycles. The van der Waals surface area contributed by atoms with Crippen LogP contribution in [0.4, 0.5) is 10.1 Å². The number of ether oxygens (including phenoxy) is 1. The number of nitrogens with one attached hydrogen (secondary N) is 1. The van der Waals surface area contributed by atoms with E-state index in [1.807, 2.05) is 24.3 Å². The zero-order chi connectivity index (χ0) is 22.3. The van der Waals surface area contributed by atoms with Crippen LogP contribution in [0.5, 0.6) is 5.75 Å². The molecule has 4 rings (SSSR count). The molecule has 0 spiro atoms. The fourth-order valence-corrected chi connectivity index (χ4v) is 3.09. The van der Waals surface area contributed by atoms with Crippen LogP contribution in [0.3, 0.4) is 0 Å². The quantitative estimate of drug-likeness (QED) is 0.322. The van der Waals surface area contributed by atoms with E-state index in [-0.39, 0.29) is 24.1 Å². The number of para-hydroxylation sites is 1. The first-order valence-corrected chi connectivity index (χ1v) is 9.93. The van der Waals surface area contributed by atoms with Crippen LogP contribution in [0.2, 0.25) is 0 Å². The van der Waals surface area contributed by atoms with Crippen LogP contribution < -0.4 is 10.1 Å². The first-order valence-electron chi connectivity index (χ1n) is 9.93. The molecular weight excluding hydrogens is 407 g/mol. The average molecular weight is 426 g/mol. The van der Waals surface area contributed by atoms with Crippen LogP contribution in [0.15, 0.2) is 91.1 Å². The number of ketones is 1. The highest BCUT2D eigenvalue weighted by atomic mass is 19.1. The van der Waals surface area contributed by atoms with Gasteiger partial charge in [0.05, 0.1) is 0 Å². The van der Waals surface area contributed by atoms with Gasteiger partial charge in [0.2, 0.25) is 0 Å². The second-order valence-corrected chi connectivity index (χ2v) is 6.99. The summed E-state index contributed by atoms with van der Waals surface area (Å²) >= 11 is 0. The van der Waals surface area contributed by atoms with E-state index in [1.165, 1.54) is 18.2 Å². The normalized spacial score (nSPS) is 10.9. The van der Waals surface area contributed by atoms with Gasteiger partial charge in [0.1, 0.15) is 17.1 Å². The Hall–Kier alpha value is -4.32. The fourth-order valence-electron chi connectivity index (χ4n) is 3.09. The van der Waals surface area contributed by atoms with Gasteiger partial charge in [-0.2, -0.15) is 0 Å². The Morgan fingerprint density at radius 1 is 0.938 bits per heavy atom. The third-order valence-electron chi connectivity index (χ3n) is 4.70. The zero-order valence-electron chi connectivity index (χ0n) is 17.0. The molecule has 4 aromatic rings. The molecule has 0 aliphatic rings. The molecule has 1 heterocycles. The Bertz CT molecular complexity index is 1280. The SMILES string of the molecule is O=C(COc1cccc2cccnc12)Nc1ccc(C(=O)/C=C/c2ccc(F)cc2)cc1. The fraction of sp³-hybridized carbons (Fsp3) is 0.0385. The van der Waals surface area contributed by atoms with E-state index in [0.717, 1.165) is 10.9 Å². The van der Waals surface area contributed by atoms with Crippen molar-refractivity contribution in [1.82, 2.24) is 4.98 Å². The van der Waals surface area contributed by atoms with Crippen LogP contribution in [-0.2, 0) is 4.79 Å². The van der Waals surface area contributed by atoms with Gasteiger partial charge >= 0.3 is 0 Å². The lowest BCUT2D eigenvalue weighted by molar-refractivity contribution is -0.118. The summed E-state index contributed by atoms with van der Waals surface area (Å²) < 4.78 is 18.6. The highest BCUT2D eigenvalue weighted by Crippen LogP contribution is 2.23. The highest BCUT2D eigenvalue weighted by Gasteiger charge is 2.08. The molecule has 1 aromatic heterocycles. The van der Waals surface area contributed by atoms with Crippen molar-refractivity contribution in [1.29, 1.82) is 0 Å². The average Bonchev–Trinajstić information content (AvgIpc) is 2.82. The third kappa shape index (κ3) is 5.23. The predicted octanol–water partition coefficient (Wildman–Crippen LogP) is 5.29. The molecule has 0 bridgehead atoms. The van der Waals surface area contributed by atoms with Crippen molar-refractivity contribution in [2.24, 2.45) is 0 Å². The van der Waals surface area contributed by atoms with Crippen molar-refractivity contribution in [2.75, 3.05) is 11.9 Å². The maximum atomic E-state index is 12.9. The molecule has 0 saturated heterocycles. The number of pyridine rings is 1. The Balaban J connectivity index is 1.33. The number of fused-ring (bicyclic) bond motifs is 1. The van der Waals surface area contributed by atoms with E-state index in [2.05, 4.69) is 10.3 Å². The number of amides is 1. The number of rotatable bonds is 7. The molecule has 1 N–H and O–H groups in total. The van der Waals surface area contributed by atoms with Crippen LogP contribution in [0.1, 0.15) is 15.9 Å². The van der Waals surface area contributed by atoms with Crippen molar-refractivity contribution in [3.63, 3.8) is 0 Å². The maximum absolute atomic E-state index is 12.9. The molecule has 0 aliphatic heterocycles. The lowest BCUT2D eigenvalue weighted by atomic mass is 10.1. The van der Waals surface area contributed by atoms with Gasteiger partial charge in [-0.05, 0) is 60.2 Å². The van der Waals surface area contributed by atoms with Gasteiger partial charge in [-0.25, -0.2) is 4.39 Å². The summed E-state index contributed by atoms with van der Waals surface area (Å²) in [6, 6.07) is 21.7. The maximum Gasteiger partial charge on any atom is 0.262 e. The summed E-state index contributed by atoms with van der Waals surface area (Å²) in [4.78, 5) is 28.9. The van der Waals surface area contributed by atoms with E-state index in [0.29, 0.717) is 22.5 Å². The number of allylic oxidation sites excluding steroid dienone is 1. The summed E-state index contributed by atoms with van der Waals surface area (Å²) in [5.41, 5.74) is 2.44. The minimum atomic E-state index is -0.328. The number of hydrogen-bond acceptors (Lipinski definition) is 4. The van der Waals surface area contributed by atoms with E-state index in [1.54, 1.807) is 54.7 Å². The summed E-state index contributed by atoms with van der Waals surface area (Å²) in [6.07, 6.45) is 4.72. The molecule has 1 amide bonds. The predicted molar refractivity (Wildman–Crippen MR) is 122 cm³/mol. The molecular formula is C26H19FN2O3. The number of carbonyl (C=O) groups is 2. The van der Waals surface area contributed by atoms with E-state index in [9.17, 15) is 14.0 Å². The van der Waals surface area contributed by atoms with Crippen molar-refractivity contribution in [3.8, 4) is 5.75 Å². The van der Waals surface area contributed by atoms with Gasteiger partial charge < -0.3 is 10.1 Å². The number of benzene rings is 3. The van der Waals surface area contributed by atoms with Crippen LogP contribution >= 0.6 is 0 Å². The molecule has 0 radical (unpaired) electrons. The Morgan fingerprint density at radius 3 is 2.47 bits per heavy atom. The van der Waals surface area contributed by atoms with Crippen LogP contribution in [0, 0.1) is 5.82 Å². The topological polar surface area (TPSA) is 68.3 Å². The van der Waals surface area contributed by atoms with Gasteiger partial charge in [0, 0.05) is 22.8 Å². The molecule has 0 aliphatic carbocycles. The number of carbonyl (C=O) groups excluding carboxylic acids is 2. The molecule has 5 nitrogen and oxygen atoms in total. The number of nitrogens with zero attached hydrogens (tertiary/aromatic N) is 1. The van der Waals surface area contributed by atoms with Gasteiger partial charge in [0.15, 0.2) is 12.4 Å². The molecule has 3 aromatic carbocycles. The highest BCUT2D eigenvalue weighted by molar-refractivity contribution is 6.07. The van der Waals surface area contributed by atoms with Crippen molar-refractivity contribution >= 4 is 34.4 Å². The standard InChI is InChI=1S/C26H19FN2O3/c27-21-11-6-18(7-12-21)8-15-23(30)19-9-13-22(14-10-19)29-25(31)17-32-24-5-1-3-20-4-2-16-28-26(20)24/h1-16H,17H2,(H,29,31)/b15-8+. The number of hydrogen-bond donors (Lipinski definition) is 1. The molecule has 0 atom stereocenters. The van der Waals surface area contributed by atoms with Crippen LogP contribution in [0.25, 0.3) is 17.0 Å². The van der Waals surface area contributed by atoms with Crippen molar-refractivity contribution in [2.45, 2.75) is 0 Å². The molecule has 158 valence electrons. The molecule has 0 unspecified atom stereocenters. The Kier molecular flexibility index (Phi) is 6.32. The summed E-state index contributed by atoms with van der Waals surface area (Å²) in [7, 11) is 0. The largest absolute Gasteiger partial charge is 0.481 e. The molecule has 32 heavy (non-hydrogen) atoms. The van der Waals surface area contributed by atoms with Gasteiger partial charge in [0.25, 0.3) is 5.91 Å². The van der Waals surface area contributed by atoms with Crippen molar-refractivity contribution < 1.29 is 18.7 Å². The second-order valence-electron chi connectivity index (χ2n) is 6.99. The monoisotopic (exact) mass is 426 g/mol. The van der Waals surface area contributed by atoms with Crippen molar-refractivity contribution in [3.05, 3.63) is 108 Å². The summed E-state index contributed by atoms with van der Waals surface area (Å²) in [5.74, 6) is -0.315. The number of anilines is 1. The van der Waals surface area contributed by atoms with Gasteiger partial charge in [-0.15, -0.1) is 0 Å². The molecule has 0 fully saturated rings. The van der Waals surface area contributed by atoms with E-state index >= 15 is 0 Å². The number of halogens is 1. The van der Waals surface area contributed by atoms with Gasteiger partial charge in [-0.3, -0.25) is 14.6 Å². The number of aromatic nitrogens is 1. The minimum absolute atomic E-state index is 0.170.